The van der Waals surface area contributed by atoms with Crippen LogP contribution in [0, 0.1) is 12.8 Å². The molecule has 2 heterocycles. The normalized spacial score (nSPS) is 20.3. The van der Waals surface area contributed by atoms with E-state index in [4.69, 9.17) is 12.6 Å². The molecule has 1 atom stereocenters. The van der Waals surface area contributed by atoms with Crippen LogP contribution in [0.3, 0.4) is 0 Å². The first-order valence-electron chi connectivity index (χ1n) is 8.66. The fraction of sp³-hybridized carbons (Fsp3) is 0.450. The third kappa shape index (κ3) is 5.33. The molecule has 0 radical (unpaired) electrons. The summed E-state index contributed by atoms with van der Waals surface area (Å²) in [6.07, 6.45) is 6.71. The minimum absolute atomic E-state index is 0.222. The number of piperidine rings is 1. The quantitative estimate of drug-likeness (QED) is 0.518. The van der Waals surface area contributed by atoms with Crippen molar-refractivity contribution in [3.05, 3.63) is 51.1 Å². The number of allylic oxidation sites excluding steroid dienone is 3. The first-order valence-corrected chi connectivity index (χ1v) is 9.99. The Labute approximate surface area is 160 Å². The maximum Gasteiger partial charge on any atom is 0.307 e. The van der Waals surface area contributed by atoms with E-state index in [0.29, 0.717) is 6.54 Å². The molecule has 1 fully saturated rings. The zero-order chi connectivity index (χ0) is 18.4. The van der Waals surface area contributed by atoms with Gasteiger partial charge in [-0.2, -0.15) is 0 Å². The lowest BCUT2D eigenvalue weighted by Crippen LogP contribution is -2.39. The standard InChI is InChI=1S/C20H27NO2S2/c1-4-14(2)18(24)17(19-15(3)9-12-25-19)8-6-11-21-10-5-7-16(13-21)20(22)23/h4,8-9,12,16,24H,1,5-7,10-11,13H2,2-3H3,(H,22,23)/b17-8-,18-14-. The highest BCUT2D eigenvalue weighted by molar-refractivity contribution is 7.85. The van der Waals surface area contributed by atoms with Crippen molar-refractivity contribution in [1.82, 2.24) is 4.90 Å². The molecule has 0 bridgehead atoms. The number of nitrogens with zero attached hydrogens (tertiary/aromatic N) is 1. The number of carbonyl (C=O) groups is 1. The topological polar surface area (TPSA) is 40.5 Å². The Morgan fingerprint density at radius 2 is 2.32 bits per heavy atom. The van der Waals surface area contributed by atoms with Gasteiger partial charge >= 0.3 is 5.97 Å². The SMILES string of the molecule is C=C/C(C)=C(S)/C(=C/CCN1CCCC(C(=O)O)C1)c1sccc1C. The summed E-state index contributed by atoms with van der Waals surface area (Å²) in [7, 11) is 0. The van der Waals surface area contributed by atoms with Crippen LogP contribution in [0.2, 0.25) is 0 Å². The lowest BCUT2D eigenvalue weighted by molar-refractivity contribution is -0.143. The van der Waals surface area contributed by atoms with Gasteiger partial charge in [-0.15, -0.1) is 24.0 Å². The number of hydrogen-bond donors (Lipinski definition) is 2. The number of rotatable bonds is 7. The van der Waals surface area contributed by atoms with E-state index in [9.17, 15) is 9.90 Å². The summed E-state index contributed by atoms with van der Waals surface area (Å²) < 4.78 is 0. The summed E-state index contributed by atoms with van der Waals surface area (Å²) in [6.45, 7) is 10.5. The van der Waals surface area contributed by atoms with Gasteiger partial charge in [0.2, 0.25) is 0 Å². The van der Waals surface area contributed by atoms with Crippen LogP contribution in [-0.4, -0.2) is 35.6 Å². The van der Waals surface area contributed by atoms with E-state index >= 15 is 0 Å². The second kappa shape index (κ2) is 9.41. The highest BCUT2D eigenvalue weighted by Crippen LogP contribution is 2.34. The van der Waals surface area contributed by atoms with E-state index in [-0.39, 0.29) is 5.92 Å². The van der Waals surface area contributed by atoms with Crippen LogP contribution in [0.15, 0.2) is 40.7 Å². The molecule has 1 aromatic heterocycles. The first kappa shape index (κ1) is 20.0. The van der Waals surface area contributed by atoms with Gasteiger partial charge in [-0.25, -0.2) is 0 Å². The number of thiophene rings is 1. The third-order valence-electron chi connectivity index (χ3n) is 4.69. The number of aryl methyl sites for hydroxylation is 1. The molecular weight excluding hydrogens is 350 g/mol. The second-order valence-corrected chi connectivity index (χ2v) is 7.92. The van der Waals surface area contributed by atoms with Crippen LogP contribution in [0.1, 0.15) is 36.6 Å². The largest absolute Gasteiger partial charge is 0.481 e. The Bertz CT molecular complexity index is 688. The maximum atomic E-state index is 11.2. The van der Waals surface area contributed by atoms with Crippen LogP contribution in [0.4, 0.5) is 0 Å². The molecule has 0 aliphatic carbocycles. The van der Waals surface area contributed by atoms with E-state index in [1.54, 1.807) is 11.3 Å². The number of carboxylic acids is 1. The molecule has 1 N–H and O–H groups in total. The Balaban J connectivity index is 2.12. The summed E-state index contributed by atoms with van der Waals surface area (Å²) in [6, 6.07) is 2.13. The smallest absolute Gasteiger partial charge is 0.307 e. The minimum Gasteiger partial charge on any atom is -0.481 e. The molecule has 1 saturated heterocycles. The molecule has 5 heteroatoms. The predicted molar refractivity (Wildman–Crippen MR) is 110 cm³/mol. The van der Waals surface area contributed by atoms with Gasteiger partial charge in [0, 0.05) is 28.4 Å². The Morgan fingerprint density at radius 3 is 2.92 bits per heavy atom. The van der Waals surface area contributed by atoms with Crippen molar-refractivity contribution in [2.24, 2.45) is 5.92 Å². The second-order valence-electron chi connectivity index (χ2n) is 6.55. The van der Waals surface area contributed by atoms with E-state index in [1.165, 1.54) is 10.4 Å². The summed E-state index contributed by atoms with van der Waals surface area (Å²) in [5.41, 5.74) is 3.47. The Hall–Kier alpha value is -1.30. The number of thiol groups is 1. The van der Waals surface area contributed by atoms with Gasteiger partial charge in [0.15, 0.2) is 0 Å². The lowest BCUT2D eigenvalue weighted by atomic mass is 9.98. The molecular formula is C20H27NO2S2. The van der Waals surface area contributed by atoms with E-state index in [2.05, 4.69) is 35.9 Å². The van der Waals surface area contributed by atoms with Crippen molar-refractivity contribution in [2.45, 2.75) is 33.1 Å². The van der Waals surface area contributed by atoms with E-state index < -0.39 is 5.97 Å². The molecule has 1 unspecified atom stereocenters. The third-order valence-corrected chi connectivity index (χ3v) is 6.33. The van der Waals surface area contributed by atoms with Crippen LogP contribution >= 0.6 is 24.0 Å². The van der Waals surface area contributed by atoms with Gasteiger partial charge < -0.3 is 10.0 Å². The van der Waals surface area contributed by atoms with Gasteiger partial charge in [-0.3, -0.25) is 4.79 Å². The summed E-state index contributed by atoms with van der Waals surface area (Å²) in [4.78, 5) is 15.7. The lowest BCUT2D eigenvalue weighted by Gasteiger charge is -2.30. The van der Waals surface area contributed by atoms with Crippen molar-refractivity contribution in [1.29, 1.82) is 0 Å². The molecule has 136 valence electrons. The number of carboxylic acid groups (broad SMARTS) is 1. The van der Waals surface area contributed by atoms with Crippen molar-refractivity contribution < 1.29 is 9.90 Å². The Kier molecular flexibility index (Phi) is 7.54. The summed E-state index contributed by atoms with van der Waals surface area (Å²) >= 11 is 6.46. The van der Waals surface area contributed by atoms with Gasteiger partial charge in [-0.1, -0.05) is 18.7 Å². The highest BCUT2D eigenvalue weighted by Gasteiger charge is 2.24. The summed E-state index contributed by atoms with van der Waals surface area (Å²) in [5.74, 6) is -0.891. The Morgan fingerprint density at radius 1 is 1.56 bits per heavy atom. The van der Waals surface area contributed by atoms with E-state index in [0.717, 1.165) is 48.4 Å². The molecule has 3 nitrogen and oxygen atoms in total. The fourth-order valence-corrected chi connectivity index (χ4v) is 4.45. The van der Waals surface area contributed by atoms with Crippen LogP contribution in [0.5, 0.6) is 0 Å². The average molecular weight is 378 g/mol. The molecule has 2 rings (SSSR count). The zero-order valence-electron chi connectivity index (χ0n) is 15.0. The van der Waals surface area contributed by atoms with Crippen LogP contribution in [-0.2, 0) is 4.79 Å². The molecule has 0 saturated carbocycles. The van der Waals surface area contributed by atoms with Gasteiger partial charge in [0.1, 0.15) is 0 Å². The molecule has 1 aliphatic heterocycles. The molecule has 1 aromatic rings. The van der Waals surface area contributed by atoms with E-state index in [1.807, 2.05) is 13.0 Å². The van der Waals surface area contributed by atoms with Crippen LogP contribution < -0.4 is 0 Å². The average Bonchev–Trinajstić information content (AvgIpc) is 3.03. The molecule has 0 spiro atoms. The first-order chi connectivity index (χ1) is 11.9. The maximum absolute atomic E-state index is 11.2. The van der Waals surface area contributed by atoms with Crippen LogP contribution in [0.25, 0.3) is 5.57 Å². The zero-order valence-corrected chi connectivity index (χ0v) is 16.7. The van der Waals surface area contributed by atoms with Gasteiger partial charge in [-0.05, 0) is 62.2 Å². The van der Waals surface area contributed by atoms with Crippen molar-refractivity contribution in [3.8, 4) is 0 Å². The highest BCUT2D eigenvalue weighted by atomic mass is 32.1. The molecule has 0 amide bonds. The molecule has 1 aliphatic rings. The molecule has 0 aromatic carbocycles. The van der Waals surface area contributed by atoms with Gasteiger partial charge in [0.05, 0.1) is 5.92 Å². The predicted octanol–water partition coefficient (Wildman–Crippen LogP) is 5.02. The minimum atomic E-state index is -0.669. The summed E-state index contributed by atoms with van der Waals surface area (Å²) in [5, 5.41) is 11.3. The fourth-order valence-electron chi connectivity index (χ4n) is 3.11. The number of hydrogen-bond acceptors (Lipinski definition) is 4. The van der Waals surface area contributed by atoms with Crippen molar-refractivity contribution in [2.75, 3.05) is 19.6 Å². The monoisotopic (exact) mass is 377 g/mol. The number of likely N-dealkylation sites (tertiary alicyclic amines) is 1. The molecule has 25 heavy (non-hydrogen) atoms. The van der Waals surface area contributed by atoms with Gasteiger partial charge in [0.25, 0.3) is 0 Å². The van der Waals surface area contributed by atoms with Crippen molar-refractivity contribution >= 4 is 35.5 Å². The van der Waals surface area contributed by atoms with Crippen molar-refractivity contribution in [3.63, 3.8) is 0 Å². The number of aliphatic carboxylic acids is 1.